The van der Waals surface area contributed by atoms with Gasteiger partial charge in [0.25, 0.3) is 0 Å². The summed E-state index contributed by atoms with van der Waals surface area (Å²) in [6, 6.07) is 8.26. The number of fused-ring (bicyclic) bond motifs is 1. The average Bonchev–Trinajstić information content (AvgIpc) is 2.90. The van der Waals surface area contributed by atoms with E-state index >= 15 is 0 Å². The Morgan fingerprint density at radius 1 is 1.00 bits per heavy atom. The fourth-order valence-electron chi connectivity index (χ4n) is 2.79. The zero-order valence-electron chi connectivity index (χ0n) is 12.8. The first kappa shape index (κ1) is 15.7. The summed E-state index contributed by atoms with van der Waals surface area (Å²) in [5.74, 6) is -0.421. The van der Waals surface area contributed by atoms with Gasteiger partial charge in [-0.1, -0.05) is 12.8 Å². The minimum atomic E-state index is -0.499. The number of nitrogens with two attached hydrogens (primary N) is 1. The van der Waals surface area contributed by atoms with E-state index in [4.69, 9.17) is 10.5 Å². The van der Waals surface area contributed by atoms with E-state index in [1.807, 2.05) is 6.07 Å². The number of hydrogen-bond acceptors (Lipinski definition) is 4. The minimum absolute atomic E-state index is 0.339. The van der Waals surface area contributed by atoms with Crippen LogP contribution in [-0.2, 0) is 12.8 Å². The molecule has 3 rings (SSSR count). The monoisotopic (exact) mass is 329 g/mol. The molecular formula is C18H19NO3S. The van der Waals surface area contributed by atoms with Crippen molar-refractivity contribution in [3.05, 3.63) is 51.2 Å². The second-order valence-corrected chi connectivity index (χ2v) is 6.89. The molecule has 0 fully saturated rings. The summed E-state index contributed by atoms with van der Waals surface area (Å²) in [5, 5.41) is 0. The van der Waals surface area contributed by atoms with E-state index in [0.29, 0.717) is 16.2 Å². The van der Waals surface area contributed by atoms with E-state index < -0.39 is 5.91 Å². The molecule has 1 aromatic carbocycles. The lowest BCUT2D eigenvalue weighted by atomic mass is 10.00. The molecule has 1 aliphatic carbocycles. The van der Waals surface area contributed by atoms with Gasteiger partial charge < -0.3 is 10.5 Å². The van der Waals surface area contributed by atoms with E-state index in [9.17, 15) is 9.59 Å². The second kappa shape index (κ2) is 6.96. The quantitative estimate of drug-likeness (QED) is 0.689. The minimum Gasteiger partial charge on any atom is -0.422 e. The molecule has 4 nitrogen and oxygen atoms in total. The van der Waals surface area contributed by atoms with Gasteiger partial charge in [-0.25, -0.2) is 4.79 Å². The summed E-state index contributed by atoms with van der Waals surface area (Å²) >= 11 is 1.54. The molecule has 0 radical (unpaired) electrons. The number of amides is 1. The van der Waals surface area contributed by atoms with Crippen LogP contribution >= 0.6 is 11.3 Å². The van der Waals surface area contributed by atoms with Gasteiger partial charge in [0, 0.05) is 10.4 Å². The Hall–Kier alpha value is -2.14. The lowest BCUT2D eigenvalue weighted by molar-refractivity contribution is 0.0739. The summed E-state index contributed by atoms with van der Waals surface area (Å²) in [6.07, 6.45) is 7.01. The topological polar surface area (TPSA) is 69.4 Å². The Kier molecular flexibility index (Phi) is 4.76. The van der Waals surface area contributed by atoms with Gasteiger partial charge in [0.15, 0.2) is 0 Å². The van der Waals surface area contributed by atoms with Crippen molar-refractivity contribution in [3.8, 4) is 5.75 Å². The zero-order chi connectivity index (χ0) is 16.2. The van der Waals surface area contributed by atoms with Crippen LogP contribution in [0.2, 0.25) is 0 Å². The van der Waals surface area contributed by atoms with Gasteiger partial charge in [-0.2, -0.15) is 0 Å². The molecule has 0 bridgehead atoms. The van der Waals surface area contributed by atoms with Crippen LogP contribution in [0.3, 0.4) is 0 Å². The second-order valence-electron chi connectivity index (χ2n) is 5.75. The van der Waals surface area contributed by atoms with Crippen molar-refractivity contribution < 1.29 is 14.3 Å². The highest BCUT2D eigenvalue weighted by molar-refractivity contribution is 7.14. The predicted molar refractivity (Wildman–Crippen MR) is 90.1 cm³/mol. The van der Waals surface area contributed by atoms with Crippen LogP contribution < -0.4 is 10.5 Å². The normalized spacial score (nSPS) is 14.4. The molecule has 120 valence electrons. The highest BCUT2D eigenvalue weighted by Crippen LogP contribution is 2.29. The van der Waals surface area contributed by atoms with Gasteiger partial charge in [-0.05, 0) is 61.6 Å². The third-order valence-electron chi connectivity index (χ3n) is 4.05. The Balaban J connectivity index is 1.72. The molecule has 2 N–H and O–H groups in total. The first-order valence-corrected chi connectivity index (χ1v) is 8.69. The van der Waals surface area contributed by atoms with Crippen LogP contribution in [-0.4, -0.2) is 11.9 Å². The number of primary amides is 1. The summed E-state index contributed by atoms with van der Waals surface area (Å²) in [6.45, 7) is 0. The first-order chi connectivity index (χ1) is 11.1. The number of carbonyl (C=O) groups is 2. The summed E-state index contributed by atoms with van der Waals surface area (Å²) in [4.78, 5) is 25.3. The zero-order valence-corrected chi connectivity index (χ0v) is 13.7. The Morgan fingerprint density at radius 2 is 1.70 bits per heavy atom. The third kappa shape index (κ3) is 3.79. The number of thiophene rings is 1. The molecule has 0 atom stereocenters. The van der Waals surface area contributed by atoms with Crippen molar-refractivity contribution in [1.29, 1.82) is 0 Å². The van der Waals surface area contributed by atoms with Crippen molar-refractivity contribution in [2.24, 2.45) is 5.73 Å². The fraction of sp³-hybridized carbons (Fsp3) is 0.333. The van der Waals surface area contributed by atoms with Crippen molar-refractivity contribution >= 4 is 23.2 Å². The molecular weight excluding hydrogens is 310 g/mol. The molecule has 1 heterocycles. The van der Waals surface area contributed by atoms with E-state index in [2.05, 4.69) is 0 Å². The molecule has 0 saturated heterocycles. The number of aryl methyl sites for hydroxylation is 2. The molecule has 0 spiro atoms. The number of ether oxygens (including phenoxy) is 1. The number of carbonyl (C=O) groups excluding carboxylic acids is 2. The van der Waals surface area contributed by atoms with Gasteiger partial charge in [0.1, 0.15) is 10.6 Å². The SMILES string of the molecule is NC(=O)c1ccc(OC(=O)c2cc3c(s2)CCCCCC3)cc1. The molecule has 23 heavy (non-hydrogen) atoms. The maximum Gasteiger partial charge on any atom is 0.353 e. The van der Waals surface area contributed by atoms with Gasteiger partial charge in [-0.3, -0.25) is 4.79 Å². The Bertz CT molecular complexity index is 693. The average molecular weight is 329 g/mol. The van der Waals surface area contributed by atoms with E-state index in [1.54, 1.807) is 35.6 Å². The van der Waals surface area contributed by atoms with Gasteiger partial charge in [-0.15, -0.1) is 11.3 Å². The molecule has 0 aliphatic heterocycles. The van der Waals surface area contributed by atoms with Crippen LogP contribution in [0.5, 0.6) is 5.75 Å². The summed E-state index contributed by atoms with van der Waals surface area (Å²) < 4.78 is 5.39. The first-order valence-electron chi connectivity index (χ1n) is 7.87. The lowest BCUT2D eigenvalue weighted by Gasteiger charge is -2.07. The van der Waals surface area contributed by atoms with Crippen LogP contribution in [0.4, 0.5) is 0 Å². The van der Waals surface area contributed by atoms with Crippen molar-refractivity contribution in [2.75, 3.05) is 0 Å². The van der Waals surface area contributed by atoms with Crippen molar-refractivity contribution in [1.82, 2.24) is 0 Å². The molecule has 1 amide bonds. The van der Waals surface area contributed by atoms with Gasteiger partial charge in [0.05, 0.1) is 0 Å². The van der Waals surface area contributed by atoms with Crippen molar-refractivity contribution in [3.63, 3.8) is 0 Å². The molecule has 2 aromatic rings. The van der Waals surface area contributed by atoms with Gasteiger partial charge in [0.2, 0.25) is 5.91 Å². The molecule has 1 aliphatic rings. The third-order valence-corrected chi connectivity index (χ3v) is 5.26. The Labute approximate surface area is 139 Å². The van der Waals surface area contributed by atoms with Crippen LogP contribution in [0.25, 0.3) is 0 Å². The number of hydrogen-bond donors (Lipinski definition) is 1. The molecule has 0 saturated carbocycles. The highest BCUT2D eigenvalue weighted by atomic mass is 32.1. The molecule has 0 unspecified atom stereocenters. The standard InChI is InChI=1S/C18H19NO3S/c19-17(20)12-7-9-14(10-8-12)22-18(21)16-11-13-5-3-1-2-4-6-15(13)23-16/h7-11H,1-6H2,(H2,19,20). The lowest BCUT2D eigenvalue weighted by Crippen LogP contribution is -2.11. The number of esters is 1. The Morgan fingerprint density at radius 3 is 2.39 bits per heavy atom. The summed E-state index contributed by atoms with van der Waals surface area (Å²) in [7, 11) is 0. The molecule has 1 aromatic heterocycles. The maximum atomic E-state index is 12.3. The van der Waals surface area contributed by atoms with Crippen LogP contribution in [0.1, 0.15) is 56.2 Å². The van der Waals surface area contributed by atoms with E-state index in [1.165, 1.54) is 36.1 Å². The highest BCUT2D eigenvalue weighted by Gasteiger charge is 2.17. The number of benzene rings is 1. The van der Waals surface area contributed by atoms with Gasteiger partial charge >= 0.3 is 5.97 Å². The van der Waals surface area contributed by atoms with Crippen LogP contribution in [0, 0.1) is 0 Å². The van der Waals surface area contributed by atoms with E-state index in [-0.39, 0.29) is 5.97 Å². The van der Waals surface area contributed by atoms with E-state index in [0.717, 1.165) is 12.8 Å². The maximum absolute atomic E-state index is 12.3. The fourth-order valence-corrected chi connectivity index (χ4v) is 3.92. The van der Waals surface area contributed by atoms with Crippen LogP contribution in [0.15, 0.2) is 30.3 Å². The smallest absolute Gasteiger partial charge is 0.353 e. The number of rotatable bonds is 3. The molecule has 5 heteroatoms. The predicted octanol–water partition coefficient (Wildman–Crippen LogP) is 3.73. The largest absolute Gasteiger partial charge is 0.422 e. The van der Waals surface area contributed by atoms with Crippen molar-refractivity contribution in [2.45, 2.75) is 38.5 Å². The summed E-state index contributed by atoms with van der Waals surface area (Å²) in [5.41, 5.74) is 6.88.